The van der Waals surface area contributed by atoms with Gasteiger partial charge in [0.2, 0.25) is 0 Å². The van der Waals surface area contributed by atoms with E-state index in [0.717, 1.165) is 44.4 Å². The molecule has 2 heteroatoms. The van der Waals surface area contributed by atoms with E-state index in [-0.39, 0.29) is 10.8 Å². The molecule has 0 aliphatic heterocycles. The van der Waals surface area contributed by atoms with Crippen molar-refractivity contribution in [3.63, 3.8) is 0 Å². The van der Waals surface area contributed by atoms with Crippen LogP contribution in [0.4, 0.5) is 17.1 Å². The summed E-state index contributed by atoms with van der Waals surface area (Å²) in [6.07, 6.45) is 0. The minimum absolute atomic E-state index is 0.0788. The highest BCUT2D eigenvalue weighted by Gasteiger charge is 2.38. The molecule has 0 saturated heterocycles. The molecule has 0 saturated carbocycles. The molecule has 13 rings (SSSR count). The largest absolute Gasteiger partial charge is 0.455 e. The van der Waals surface area contributed by atoms with Crippen molar-refractivity contribution in [3.05, 3.63) is 235 Å². The molecule has 0 N–H and O–H groups in total. The molecular weight excluding hydrogens is 799 g/mol. The Morgan fingerprint density at radius 2 is 0.864 bits per heavy atom. The lowest BCUT2D eigenvalue weighted by atomic mass is 9.81. The molecule has 0 bridgehead atoms. The van der Waals surface area contributed by atoms with E-state index in [2.05, 4.69) is 233 Å². The van der Waals surface area contributed by atoms with Crippen molar-refractivity contribution in [2.45, 2.75) is 38.5 Å². The zero-order valence-corrected chi connectivity index (χ0v) is 37.6. The summed E-state index contributed by atoms with van der Waals surface area (Å²) in [6, 6.07) is 78.3. The maximum Gasteiger partial charge on any atom is 0.143 e. The van der Waals surface area contributed by atoms with Crippen LogP contribution in [0.1, 0.15) is 49.9 Å². The number of para-hydroxylation sites is 2. The standard InChI is InChI=1S/C64H47NO/c1-63(2)55-23-11-8-19-53(55)61-56(63)24-14-25-59(61)65(44-34-31-41(32-35-44)40-27-29-42(30-28-40)46-20-13-21-52-51-18-9-12-26-60(51)66-62(46)52)58-38-37-45(47-15-5-6-17-50(47)58)43-33-36-49-48-16-7-10-22-54(48)64(3,4)57(49)39-43/h5-39H,1-4H3. The van der Waals surface area contributed by atoms with Crippen LogP contribution in [-0.2, 0) is 10.8 Å². The van der Waals surface area contributed by atoms with E-state index in [1.165, 1.54) is 83.2 Å². The normalized spacial score (nSPS) is 14.0. The minimum Gasteiger partial charge on any atom is -0.455 e. The first-order chi connectivity index (χ1) is 32.3. The fraction of sp³-hybridized carbons (Fsp3) is 0.0938. The molecule has 1 heterocycles. The summed E-state index contributed by atoms with van der Waals surface area (Å²) < 4.78 is 6.41. The molecule has 0 amide bonds. The van der Waals surface area contributed by atoms with Gasteiger partial charge >= 0.3 is 0 Å². The number of rotatable bonds is 6. The Morgan fingerprint density at radius 3 is 1.65 bits per heavy atom. The summed E-state index contributed by atoms with van der Waals surface area (Å²) in [7, 11) is 0. The van der Waals surface area contributed by atoms with Crippen LogP contribution in [-0.4, -0.2) is 0 Å². The van der Waals surface area contributed by atoms with Gasteiger partial charge in [-0.1, -0.05) is 204 Å². The maximum absolute atomic E-state index is 6.41. The third-order valence-corrected chi connectivity index (χ3v) is 14.9. The Kier molecular flexibility index (Phi) is 8.33. The number of furan rings is 1. The van der Waals surface area contributed by atoms with Crippen LogP contribution in [0.15, 0.2) is 217 Å². The molecule has 2 nitrogen and oxygen atoms in total. The van der Waals surface area contributed by atoms with E-state index < -0.39 is 0 Å². The van der Waals surface area contributed by atoms with Crippen molar-refractivity contribution in [1.82, 2.24) is 0 Å². The topological polar surface area (TPSA) is 16.4 Å². The van der Waals surface area contributed by atoms with Crippen LogP contribution in [0.2, 0.25) is 0 Å². The summed E-state index contributed by atoms with van der Waals surface area (Å²) in [5, 5.41) is 4.73. The Morgan fingerprint density at radius 1 is 0.333 bits per heavy atom. The highest BCUT2D eigenvalue weighted by molar-refractivity contribution is 6.10. The molecule has 314 valence electrons. The summed E-state index contributed by atoms with van der Waals surface area (Å²) >= 11 is 0. The van der Waals surface area contributed by atoms with Crippen LogP contribution in [0, 0.1) is 0 Å². The first-order valence-corrected chi connectivity index (χ1v) is 23.2. The molecule has 0 atom stereocenters. The van der Waals surface area contributed by atoms with E-state index in [1.807, 2.05) is 12.1 Å². The number of nitrogens with zero attached hydrogens (tertiary/aromatic N) is 1. The third-order valence-electron chi connectivity index (χ3n) is 14.9. The highest BCUT2D eigenvalue weighted by atomic mass is 16.3. The summed E-state index contributed by atoms with van der Waals surface area (Å²) in [4.78, 5) is 2.51. The molecule has 1 aromatic heterocycles. The van der Waals surface area contributed by atoms with Gasteiger partial charge in [0.05, 0.1) is 11.4 Å². The number of hydrogen-bond donors (Lipinski definition) is 0. The lowest BCUT2D eigenvalue weighted by Crippen LogP contribution is -2.16. The van der Waals surface area contributed by atoms with Crippen molar-refractivity contribution in [1.29, 1.82) is 0 Å². The van der Waals surface area contributed by atoms with E-state index in [1.54, 1.807) is 0 Å². The Balaban J connectivity index is 0.938. The molecule has 0 unspecified atom stereocenters. The maximum atomic E-state index is 6.41. The zero-order valence-electron chi connectivity index (χ0n) is 37.6. The number of hydrogen-bond acceptors (Lipinski definition) is 2. The van der Waals surface area contributed by atoms with Crippen molar-refractivity contribution in [2.24, 2.45) is 0 Å². The monoisotopic (exact) mass is 845 g/mol. The van der Waals surface area contributed by atoms with E-state index >= 15 is 0 Å². The first kappa shape index (κ1) is 38.5. The van der Waals surface area contributed by atoms with Crippen molar-refractivity contribution in [3.8, 4) is 55.6 Å². The molecule has 11 aromatic rings. The van der Waals surface area contributed by atoms with Crippen LogP contribution in [0.25, 0.3) is 88.3 Å². The highest BCUT2D eigenvalue weighted by Crippen LogP contribution is 2.55. The molecule has 2 aliphatic rings. The van der Waals surface area contributed by atoms with Crippen LogP contribution >= 0.6 is 0 Å². The fourth-order valence-electron chi connectivity index (χ4n) is 11.6. The Bertz CT molecular complexity index is 3750. The fourth-order valence-corrected chi connectivity index (χ4v) is 11.6. The Labute approximate surface area is 386 Å². The minimum atomic E-state index is -0.132. The quantitative estimate of drug-likeness (QED) is 0.166. The predicted molar refractivity (Wildman–Crippen MR) is 277 cm³/mol. The molecule has 2 aliphatic carbocycles. The second-order valence-electron chi connectivity index (χ2n) is 19.2. The van der Waals surface area contributed by atoms with E-state index in [0.29, 0.717) is 0 Å². The van der Waals surface area contributed by atoms with Gasteiger partial charge in [0.15, 0.2) is 0 Å². The summed E-state index contributed by atoms with van der Waals surface area (Å²) in [6.45, 7) is 9.46. The summed E-state index contributed by atoms with van der Waals surface area (Å²) in [5.41, 5.74) is 22.9. The first-order valence-electron chi connectivity index (χ1n) is 23.2. The molecule has 0 spiro atoms. The van der Waals surface area contributed by atoms with Crippen molar-refractivity contribution < 1.29 is 4.42 Å². The van der Waals surface area contributed by atoms with E-state index in [9.17, 15) is 0 Å². The van der Waals surface area contributed by atoms with Gasteiger partial charge in [-0.05, 0) is 109 Å². The van der Waals surface area contributed by atoms with Gasteiger partial charge in [0.1, 0.15) is 11.2 Å². The van der Waals surface area contributed by atoms with Crippen LogP contribution in [0.3, 0.4) is 0 Å². The molecule has 66 heavy (non-hydrogen) atoms. The van der Waals surface area contributed by atoms with Crippen LogP contribution < -0.4 is 4.90 Å². The number of fused-ring (bicyclic) bond motifs is 10. The number of anilines is 3. The van der Waals surface area contributed by atoms with Gasteiger partial charge in [-0.3, -0.25) is 0 Å². The smallest absolute Gasteiger partial charge is 0.143 e. The van der Waals surface area contributed by atoms with Gasteiger partial charge in [0.25, 0.3) is 0 Å². The summed E-state index contributed by atoms with van der Waals surface area (Å²) in [5.74, 6) is 0. The second-order valence-corrected chi connectivity index (χ2v) is 19.2. The average molecular weight is 846 g/mol. The Hall–Kier alpha value is -7.94. The lowest BCUT2D eigenvalue weighted by Gasteiger charge is -2.30. The number of benzene rings is 10. The van der Waals surface area contributed by atoms with Gasteiger partial charge in [-0.2, -0.15) is 0 Å². The van der Waals surface area contributed by atoms with Gasteiger partial charge in [0, 0.05) is 43.8 Å². The average Bonchev–Trinajstić information content (AvgIpc) is 3.94. The molecule has 10 aromatic carbocycles. The molecule has 0 radical (unpaired) electrons. The second kappa shape index (κ2) is 14.3. The zero-order chi connectivity index (χ0) is 44.3. The SMILES string of the molecule is CC1(C)c2ccccc2-c2ccc(-c3ccc(N(c4ccc(-c5ccc(-c6cccc7c6oc6ccccc67)cc5)cc4)c4cccc5c4-c4ccccc4C5(C)C)c4ccccc34)cc21. The third kappa shape index (κ3) is 5.61. The van der Waals surface area contributed by atoms with Gasteiger partial charge in [-0.15, -0.1) is 0 Å². The predicted octanol–water partition coefficient (Wildman–Crippen LogP) is 17.8. The van der Waals surface area contributed by atoms with E-state index in [4.69, 9.17) is 4.42 Å². The van der Waals surface area contributed by atoms with Gasteiger partial charge in [-0.25, -0.2) is 0 Å². The molecular formula is C64H47NO. The molecule has 0 fully saturated rings. The van der Waals surface area contributed by atoms with Gasteiger partial charge < -0.3 is 9.32 Å². The van der Waals surface area contributed by atoms with Crippen LogP contribution in [0.5, 0.6) is 0 Å². The lowest BCUT2D eigenvalue weighted by molar-refractivity contribution is 0.660. The van der Waals surface area contributed by atoms with Crippen molar-refractivity contribution >= 4 is 49.8 Å². The van der Waals surface area contributed by atoms with Crippen molar-refractivity contribution in [2.75, 3.05) is 4.90 Å².